The molecule has 0 saturated carbocycles. The molecule has 1 atom stereocenters. The van der Waals surface area contributed by atoms with Gasteiger partial charge in [-0.3, -0.25) is 4.79 Å². The number of nitrogens with zero attached hydrogens (tertiary/aromatic N) is 3. The van der Waals surface area contributed by atoms with Crippen LogP contribution >= 0.6 is 0 Å². The van der Waals surface area contributed by atoms with Gasteiger partial charge >= 0.3 is 5.97 Å². The van der Waals surface area contributed by atoms with Crippen molar-refractivity contribution in [3.05, 3.63) is 12.3 Å². The summed E-state index contributed by atoms with van der Waals surface area (Å²) in [4.78, 5) is 22.0. The van der Waals surface area contributed by atoms with E-state index in [2.05, 4.69) is 9.97 Å². The van der Waals surface area contributed by atoms with E-state index in [0.717, 1.165) is 19.4 Å². The van der Waals surface area contributed by atoms with Crippen LogP contribution < -0.4 is 9.64 Å². The highest BCUT2D eigenvalue weighted by molar-refractivity contribution is 5.73. The second kappa shape index (κ2) is 5.66. The summed E-state index contributed by atoms with van der Waals surface area (Å²) in [6.45, 7) is 1.44. The lowest BCUT2D eigenvalue weighted by molar-refractivity contribution is -0.145. The molecule has 0 unspecified atom stereocenters. The van der Waals surface area contributed by atoms with Crippen LogP contribution in [0.4, 0.5) is 5.95 Å². The van der Waals surface area contributed by atoms with Crippen molar-refractivity contribution in [2.75, 3.05) is 32.2 Å². The number of carbonyl (C=O) groups is 1. The SMILES string of the molecule is COC(=O)[C@H]1CCCN(c2nccc(OC)n2)C1. The van der Waals surface area contributed by atoms with Crippen molar-refractivity contribution in [3.63, 3.8) is 0 Å². The van der Waals surface area contributed by atoms with Gasteiger partial charge in [-0.2, -0.15) is 4.98 Å². The Morgan fingerprint density at radius 3 is 3.06 bits per heavy atom. The average molecular weight is 251 g/mol. The summed E-state index contributed by atoms with van der Waals surface area (Å²) in [5.74, 6) is 0.865. The second-order valence-electron chi connectivity index (χ2n) is 4.21. The van der Waals surface area contributed by atoms with Gasteiger partial charge in [-0.1, -0.05) is 0 Å². The number of anilines is 1. The summed E-state index contributed by atoms with van der Waals surface area (Å²) < 4.78 is 9.86. The Morgan fingerprint density at radius 1 is 1.50 bits per heavy atom. The van der Waals surface area contributed by atoms with E-state index in [1.54, 1.807) is 19.4 Å². The van der Waals surface area contributed by atoms with Crippen molar-refractivity contribution < 1.29 is 14.3 Å². The molecular weight excluding hydrogens is 234 g/mol. The molecule has 1 aliphatic rings. The normalized spacial score (nSPS) is 19.4. The number of hydrogen-bond acceptors (Lipinski definition) is 6. The molecule has 0 amide bonds. The molecule has 0 radical (unpaired) electrons. The summed E-state index contributed by atoms with van der Waals surface area (Å²) in [5, 5.41) is 0. The topological polar surface area (TPSA) is 64.5 Å². The third kappa shape index (κ3) is 2.69. The molecule has 0 aromatic carbocycles. The Kier molecular flexibility index (Phi) is 3.96. The minimum Gasteiger partial charge on any atom is -0.481 e. The minimum absolute atomic E-state index is 0.0986. The molecule has 6 nitrogen and oxygen atoms in total. The van der Waals surface area contributed by atoms with E-state index in [4.69, 9.17) is 9.47 Å². The zero-order valence-corrected chi connectivity index (χ0v) is 10.6. The molecule has 0 spiro atoms. The molecule has 6 heteroatoms. The number of ether oxygens (including phenoxy) is 2. The van der Waals surface area contributed by atoms with Gasteiger partial charge < -0.3 is 14.4 Å². The van der Waals surface area contributed by atoms with Gasteiger partial charge in [0.2, 0.25) is 11.8 Å². The molecule has 2 rings (SSSR count). The third-order valence-corrected chi connectivity index (χ3v) is 3.07. The maximum Gasteiger partial charge on any atom is 0.310 e. The van der Waals surface area contributed by atoms with Crippen molar-refractivity contribution in [3.8, 4) is 5.88 Å². The molecule has 1 aromatic rings. The van der Waals surface area contributed by atoms with Gasteiger partial charge in [0.1, 0.15) is 0 Å². The van der Waals surface area contributed by atoms with Crippen LogP contribution in [0.15, 0.2) is 12.3 Å². The lowest BCUT2D eigenvalue weighted by Gasteiger charge is -2.31. The summed E-state index contributed by atoms with van der Waals surface area (Å²) >= 11 is 0. The van der Waals surface area contributed by atoms with E-state index in [0.29, 0.717) is 18.4 Å². The van der Waals surface area contributed by atoms with Crippen LogP contribution in [0.5, 0.6) is 5.88 Å². The fourth-order valence-corrected chi connectivity index (χ4v) is 2.12. The van der Waals surface area contributed by atoms with Crippen molar-refractivity contribution in [2.45, 2.75) is 12.8 Å². The van der Waals surface area contributed by atoms with E-state index in [1.165, 1.54) is 7.11 Å². The van der Waals surface area contributed by atoms with Crippen molar-refractivity contribution in [1.82, 2.24) is 9.97 Å². The van der Waals surface area contributed by atoms with E-state index in [1.807, 2.05) is 4.90 Å². The lowest BCUT2D eigenvalue weighted by atomic mass is 9.98. The number of piperidine rings is 1. The molecule has 0 bridgehead atoms. The predicted octanol–water partition coefficient (Wildman–Crippen LogP) is 0.875. The van der Waals surface area contributed by atoms with Crippen LogP contribution in [0.2, 0.25) is 0 Å². The molecule has 1 aliphatic heterocycles. The Bertz CT molecular complexity index is 425. The molecule has 98 valence electrons. The van der Waals surface area contributed by atoms with Gasteiger partial charge in [0.15, 0.2) is 0 Å². The van der Waals surface area contributed by atoms with Crippen molar-refractivity contribution >= 4 is 11.9 Å². The molecule has 1 fully saturated rings. The van der Waals surface area contributed by atoms with E-state index >= 15 is 0 Å². The maximum absolute atomic E-state index is 11.6. The fraction of sp³-hybridized carbons (Fsp3) is 0.583. The number of methoxy groups -OCH3 is 2. The van der Waals surface area contributed by atoms with Gasteiger partial charge in [0, 0.05) is 25.4 Å². The van der Waals surface area contributed by atoms with Crippen LogP contribution in [-0.4, -0.2) is 43.2 Å². The van der Waals surface area contributed by atoms with Crippen molar-refractivity contribution in [2.24, 2.45) is 5.92 Å². The quantitative estimate of drug-likeness (QED) is 0.743. The Morgan fingerprint density at radius 2 is 2.33 bits per heavy atom. The molecule has 0 N–H and O–H groups in total. The zero-order chi connectivity index (χ0) is 13.0. The van der Waals surface area contributed by atoms with Crippen LogP contribution in [0.1, 0.15) is 12.8 Å². The first-order valence-electron chi connectivity index (χ1n) is 5.94. The zero-order valence-electron chi connectivity index (χ0n) is 10.6. The van der Waals surface area contributed by atoms with Gasteiger partial charge in [-0.25, -0.2) is 4.98 Å². The first kappa shape index (κ1) is 12.6. The maximum atomic E-state index is 11.6. The van der Waals surface area contributed by atoms with E-state index in [-0.39, 0.29) is 11.9 Å². The van der Waals surface area contributed by atoms with Crippen LogP contribution in [-0.2, 0) is 9.53 Å². The standard InChI is InChI=1S/C12H17N3O3/c1-17-10-5-6-13-12(14-10)15-7-3-4-9(8-15)11(16)18-2/h5-6,9H,3-4,7-8H2,1-2H3/t9-/m0/s1. The number of rotatable bonds is 3. The highest BCUT2D eigenvalue weighted by Gasteiger charge is 2.27. The summed E-state index contributed by atoms with van der Waals surface area (Å²) in [5.41, 5.74) is 0. The highest BCUT2D eigenvalue weighted by Crippen LogP contribution is 2.22. The first-order chi connectivity index (χ1) is 8.74. The predicted molar refractivity (Wildman–Crippen MR) is 65.5 cm³/mol. The minimum atomic E-state index is -0.164. The largest absolute Gasteiger partial charge is 0.481 e. The van der Waals surface area contributed by atoms with Crippen LogP contribution in [0.25, 0.3) is 0 Å². The molecule has 1 aromatic heterocycles. The van der Waals surface area contributed by atoms with Crippen LogP contribution in [0.3, 0.4) is 0 Å². The number of aromatic nitrogens is 2. The molecule has 18 heavy (non-hydrogen) atoms. The van der Waals surface area contributed by atoms with E-state index in [9.17, 15) is 4.79 Å². The highest BCUT2D eigenvalue weighted by atomic mass is 16.5. The van der Waals surface area contributed by atoms with Crippen molar-refractivity contribution in [1.29, 1.82) is 0 Å². The Hall–Kier alpha value is -1.85. The van der Waals surface area contributed by atoms with Gasteiger partial charge in [0.25, 0.3) is 0 Å². The monoisotopic (exact) mass is 251 g/mol. The summed E-state index contributed by atoms with van der Waals surface area (Å²) in [6, 6.07) is 1.70. The van der Waals surface area contributed by atoms with E-state index < -0.39 is 0 Å². The molecule has 1 saturated heterocycles. The number of hydrogen-bond donors (Lipinski definition) is 0. The lowest BCUT2D eigenvalue weighted by Crippen LogP contribution is -2.40. The molecule has 2 heterocycles. The Labute approximate surface area is 106 Å². The summed E-state index contributed by atoms with van der Waals surface area (Å²) in [6.07, 6.45) is 3.44. The third-order valence-electron chi connectivity index (χ3n) is 3.07. The summed E-state index contributed by atoms with van der Waals surface area (Å²) in [7, 11) is 2.99. The fourth-order valence-electron chi connectivity index (χ4n) is 2.12. The number of carbonyl (C=O) groups excluding carboxylic acids is 1. The van der Waals surface area contributed by atoms with Gasteiger partial charge in [0.05, 0.1) is 20.1 Å². The molecular formula is C12H17N3O3. The molecule has 0 aliphatic carbocycles. The number of esters is 1. The first-order valence-corrected chi connectivity index (χ1v) is 5.94. The smallest absolute Gasteiger partial charge is 0.310 e. The van der Waals surface area contributed by atoms with Crippen LogP contribution in [0, 0.1) is 5.92 Å². The second-order valence-corrected chi connectivity index (χ2v) is 4.21. The van der Waals surface area contributed by atoms with Gasteiger partial charge in [-0.05, 0) is 12.8 Å². The van der Waals surface area contributed by atoms with Gasteiger partial charge in [-0.15, -0.1) is 0 Å². The average Bonchev–Trinajstić information content (AvgIpc) is 2.46. The Balaban J connectivity index is 2.10.